The van der Waals surface area contributed by atoms with Crippen molar-refractivity contribution in [3.05, 3.63) is 0 Å². The van der Waals surface area contributed by atoms with E-state index in [0.29, 0.717) is 19.3 Å². The van der Waals surface area contributed by atoms with Gasteiger partial charge in [0.15, 0.2) is 6.10 Å². The van der Waals surface area contributed by atoms with E-state index in [1.807, 2.05) is 0 Å². The van der Waals surface area contributed by atoms with Crippen molar-refractivity contribution in [1.29, 1.82) is 0 Å². The molecule has 0 spiro atoms. The molecule has 0 N–H and O–H groups in total. The van der Waals surface area contributed by atoms with Gasteiger partial charge in [-0.2, -0.15) is 0 Å². The Hall–Kier alpha value is -1.59. The highest BCUT2D eigenvalue weighted by Crippen LogP contribution is 2.18. The van der Waals surface area contributed by atoms with Crippen molar-refractivity contribution in [2.45, 2.75) is 298 Å². The molecular weight excluding hydrogens is 733 g/mol. The maximum Gasteiger partial charge on any atom is 0.306 e. The molecule has 0 radical (unpaired) electrons. The topological polar surface area (TPSA) is 78.9 Å². The number of esters is 3. The molecule has 0 bridgehead atoms. The molecule has 0 rings (SSSR count). The molecule has 0 aliphatic heterocycles. The Morgan fingerprint density at radius 2 is 0.593 bits per heavy atom. The second-order valence-electron chi connectivity index (χ2n) is 18.6. The van der Waals surface area contributed by atoms with Crippen molar-refractivity contribution in [1.82, 2.24) is 0 Å². The van der Waals surface area contributed by atoms with Gasteiger partial charge in [0.25, 0.3) is 0 Å². The molecule has 0 fully saturated rings. The highest BCUT2D eigenvalue weighted by atomic mass is 16.6. The van der Waals surface area contributed by atoms with E-state index in [0.717, 1.165) is 69.6 Å². The first kappa shape index (κ1) is 57.4. The predicted molar refractivity (Wildman–Crippen MR) is 252 cm³/mol. The van der Waals surface area contributed by atoms with Gasteiger partial charge >= 0.3 is 17.9 Å². The minimum Gasteiger partial charge on any atom is -0.462 e. The van der Waals surface area contributed by atoms with E-state index in [2.05, 4.69) is 34.6 Å². The lowest BCUT2D eigenvalue weighted by atomic mass is 9.99. The summed E-state index contributed by atoms with van der Waals surface area (Å²) in [5, 5.41) is 0. The van der Waals surface area contributed by atoms with Crippen LogP contribution in [-0.2, 0) is 28.6 Å². The molecule has 350 valence electrons. The van der Waals surface area contributed by atoms with Gasteiger partial charge in [0.2, 0.25) is 0 Å². The molecule has 0 saturated heterocycles. The molecule has 6 nitrogen and oxygen atoms in total. The molecule has 3 atom stereocenters. The molecule has 0 aromatic heterocycles. The zero-order chi connectivity index (χ0) is 43.3. The van der Waals surface area contributed by atoms with Gasteiger partial charge in [-0.05, 0) is 31.1 Å². The third-order valence-corrected chi connectivity index (χ3v) is 12.7. The van der Waals surface area contributed by atoms with Gasteiger partial charge < -0.3 is 14.2 Å². The first-order valence-electron chi connectivity index (χ1n) is 26.3. The summed E-state index contributed by atoms with van der Waals surface area (Å²) in [4.78, 5) is 37.9. The van der Waals surface area contributed by atoms with Crippen LogP contribution in [0.1, 0.15) is 291 Å². The molecule has 59 heavy (non-hydrogen) atoms. The van der Waals surface area contributed by atoms with Crippen LogP contribution in [0.5, 0.6) is 0 Å². The minimum atomic E-state index is -0.761. The number of rotatable bonds is 47. The highest BCUT2D eigenvalue weighted by molar-refractivity contribution is 5.71. The van der Waals surface area contributed by atoms with Crippen LogP contribution in [0.25, 0.3) is 0 Å². The van der Waals surface area contributed by atoms with Crippen LogP contribution in [0, 0.1) is 11.8 Å². The van der Waals surface area contributed by atoms with E-state index in [1.54, 1.807) is 0 Å². The number of carbonyl (C=O) groups excluding carboxylic acids is 3. The van der Waals surface area contributed by atoms with E-state index >= 15 is 0 Å². The van der Waals surface area contributed by atoms with E-state index in [9.17, 15) is 14.4 Å². The third-order valence-electron chi connectivity index (χ3n) is 12.7. The third kappa shape index (κ3) is 44.3. The van der Waals surface area contributed by atoms with E-state index in [1.165, 1.54) is 180 Å². The van der Waals surface area contributed by atoms with Gasteiger partial charge in [0.1, 0.15) is 13.2 Å². The van der Waals surface area contributed by atoms with Crippen LogP contribution in [0.15, 0.2) is 0 Å². The van der Waals surface area contributed by atoms with E-state index < -0.39 is 6.10 Å². The Bertz CT molecular complexity index is 904. The summed E-state index contributed by atoms with van der Waals surface area (Å²) < 4.78 is 16.8. The fraction of sp³-hybridized carbons (Fsp3) is 0.943. The Morgan fingerprint density at radius 3 is 0.881 bits per heavy atom. The van der Waals surface area contributed by atoms with Crippen molar-refractivity contribution >= 4 is 17.9 Å². The average Bonchev–Trinajstić information content (AvgIpc) is 3.23. The Labute approximate surface area is 368 Å². The summed E-state index contributed by atoms with van der Waals surface area (Å²) in [6, 6.07) is 0. The van der Waals surface area contributed by atoms with Crippen LogP contribution in [0.3, 0.4) is 0 Å². The molecule has 0 aromatic carbocycles. The second kappa shape index (κ2) is 45.9. The van der Waals surface area contributed by atoms with Gasteiger partial charge in [-0.25, -0.2) is 0 Å². The van der Waals surface area contributed by atoms with Gasteiger partial charge in [0.05, 0.1) is 0 Å². The molecule has 0 saturated carbocycles. The highest BCUT2D eigenvalue weighted by Gasteiger charge is 2.19. The molecule has 0 aliphatic rings. The number of ether oxygens (including phenoxy) is 3. The summed E-state index contributed by atoms with van der Waals surface area (Å²) >= 11 is 0. The summed E-state index contributed by atoms with van der Waals surface area (Å²) in [6.45, 7) is 11.4. The van der Waals surface area contributed by atoms with Gasteiger partial charge in [-0.1, -0.05) is 253 Å². The van der Waals surface area contributed by atoms with Crippen LogP contribution in [0.2, 0.25) is 0 Å². The van der Waals surface area contributed by atoms with E-state index in [4.69, 9.17) is 14.2 Å². The van der Waals surface area contributed by atoms with Crippen LogP contribution < -0.4 is 0 Å². The molecular formula is C53H102O6. The Kier molecular flexibility index (Phi) is 44.7. The first-order valence-corrected chi connectivity index (χ1v) is 26.3. The molecule has 0 heterocycles. The monoisotopic (exact) mass is 835 g/mol. The summed E-state index contributed by atoms with van der Waals surface area (Å²) in [7, 11) is 0. The lowest BCUT2D eigenvalue weighted by Gasteiger charge is -2.18. The van der Waals surface area contributed by atoms with Crippen molar-refractivity contribution in [2.24, 2.45) is 11.8 Å². The molecule has 6 heteroatoms. The lowest BCUT2D eigenvalue weighted by molar-refractivity contribution is -0.167. The fourth-order valence-corrected chi connectivity index (χ4v) is 7.93. The smallest absolute Gasteiger partial charge is 0.306 e. The summed E-state index contributed by atoms with van der Waals surface area (Å²) in [5.74, 6) is 0.913. The quantitative estimate of drug-likeness (QED) is 0.0345. The van der Waals surface area contributed by atoms with Gasteiger partial charge in [0, 0.05) is 19.3 Å². The first-order chi connectivity index (χ1) is 28.8. The van der Waals surface area contributed by atoms with Gasteiger partial charge in [-0.3, -0.25) is 14.4 Å². The number of carbonyl (C=O) groups is 3. The summed E-state index contributed by atoms with van der Waals surface area (Å²) in [6.07, 6.45) is 46.5. The maximum atomic E-state index is 12.8. The Balaban J connectivity index is 4.25. The molecule has 0 aromatic rings. The minimum absolute atomic E-state index is 0.0637. The molecule has 0 aliphatic carbocycles. The number of hydrogen-bond donors (Lipinski definition) is 0. The standard InChI is InChI=1S/C53H102O6/c1-6-9-10-11-12-21-28-33-38-43-51(54)57-46-50(59-53(56)45-40-35-30-25-20-19-23-27-32-37-42-49(5)8-3)47-58-52(55)44-39-34-29-24-18-16-14-13-15-17-22-26-31-36-41-48(4)7-2/h48-50H,6-47H2,1-5H3/t48?,49?,50-/m0/s1. The van der Waals surface area contributed by atoms with Crippen LogP contribution in [-0.4, -0.2) is 37.2 Å². The summed E-state index contributed by atoms with van der Waals surface area (Å²) in [5.41, 5.74) is 0. The van der Waals surface area contributed by atoms with Crippen molar-refractivity contribution < 1.29 is 28.6 Å². The number of unbranched alkanes of at least 4 members (excludes halogenated alkanes) is 30. The largest absolute Gasteiger partial charge is 0.462 e. The molecule has 0 amide bonds. The van der Waals surface area contributed by atoms with Crippen molar-refractivity contribution in [2.75, 3.05) is 13.2 Å². The van der Waals surface area contributed by atoms with E-state index in [-0.39, 0.29) is 31.1 Å². The lowest BCUT2D eigenvalue weighted by Crippen LogP contribution is -2.30. The normalized spacial score (nSPS) is 13.0. The average molecular weight is 835 g/mol. The van der Waals surface area contributed by atoms with Crippen molar-refractivity contribution in [3.8, 4) is 0 Å². The SMILES string of the molecule is CCCCCCCCCCCC(=O)OC[C@@H](COC(=O)CCCCCCCCCCCCCCCCC(C)CC)OC(=O)CCCCCCCCCCCCC(C)CC. The van der Waals surface area contributed by atoms with Crippen LogP contribution >= 0.6 is 0 Å². The maximum absolute atomic E-state index is 12.8. The zero-order valence-electron chi connectivity index (χ0n) is 40.4. The van der Waals surface area contributed by atoms with Gasteiger partial charge in [-0.15, -0.1) is 0 Å². The second-order valence-corrected chi connectivity index (χ2v) is 18.6. The zero-order valence-corrected chi connectivity index (χ0v) is 40.4. The Morgan fingerprint density at radius 1 is 0.339 bits per heavy atom. The predicted octanol–water partition coefficient (Wildman–Crippen LogP) is 16.9. The van der Waals surface area contributed by atoms with Crippen molar-refractivity contribution in [3.63, 3.8) is 0 Å². The van der Waals surface area contributed by atoms with Crippen LogP contribution in [0.4, 0.5) is 0 Å². The fourth-order valence-electron chi connectivity index (χ4n) is 7.93. The molecule has 2 unspecified atom stereocenters. The number of hydrogen-bond acceptors (Lipinski definition) is 6.